The van der Waals surface area contributed by atoms with Gasteiger partial charge in [-0.2, -0.15) is 0 Å². The number of aryl methyl sites for hydroxylation is 1. The van der Waals surface area contributed by atoms with E-state index in [0.717, 1.165) is 41.0 Å². The molecule has 0 amide bonds. The van der Waals surface area contributed by atoms with Crippen molar-refractivity contribution in [1.82, 2.24) is 20.5 Å². The molecule has 2 rings (SSSR count). The summed E-state index contributed by atoms with van der Waals surface area (Å²) in [4.78, 5) is 12.1. The van der Waals surface area contributed by atoms with Crippen molar-refractivity contribution < 1.29 is 9.47 Å². The van der Waals surface area contributed by atoms with Gasteiger partial charge in [-0.25, -0.2) is 4.98 Å². The minimum atomic E-state index is 0. The second-order valence-corrected chi connectivity index (χ2v) is 7.91. The van der Waals surface area contributed by atoms with Crippen molar-refractivity contribution >= 4 is 41.3 Å². The molecule has 1 aromatic carbocycles. The fourth-order valence-electron chi connectivity index (χ4n) is 2.88. The maximum atomic E-state index is 5.45. The number of thiazole rings is 1. The molecule has 29 heavy (non-hydrogen) atoms. The van der Waals surface area contributed by atoms with E-state index in [0.29, 0.717) is 6.54 Å². The number of methoxy groups -OCH3 is 2. The quantitative estimate of drug-likeness (QED) is 0.294. The normalized spacial score (nSPS) is 12.3. The summed E-state index contributed by atoms with van der Waals surface area (Å²) in [6.07, 6.45) is 2.80. The van der Waals surface area contributed by atoms with Gasteiger partial charge < -0.3 is 25.0 Å². The Hall–Kier alpha value is -1.59. The van der Waals surface area contributed by atoms with Crippen molar-refractivity contribution in [3.05, 3.63) is 39.8 Å². The highest BCUT2D eigenvalue weighted by Gasteiger charge is 2.17. The number of benzene rings is 1. The predicted molar refractivity (Wildman–Crippen MR) is 131 cm³/mol. The van der Waals surface area contributed by atoms with Crippen LogP contribution in [-0.2, 0) is 6.42 Å². The molecule has 0 aliphatic heterocycles. The van der Waals surface area contributed by atoms with E-state index in [4.69, 9.17) is 9.47 Å². The van der Waals surface area contributed by atoms with E-state index in [1.807, 2.05) is 18.3 Å². The number of rotatable bonds is 9. The summed E-state index contributed by atoms with van der Waals surface area (Å²) in [6.45, 7) is 3.57. The van der Waals surface area contributed by atoms with Crippen molar-refractivity contribution in [3.63, 3.8) is 0 Å². The molecule has 0 saturated heterocycles. The number of ether oxygens (including phenoxy) is 2. The van der Waals surface area contributed by atoms with Crippen molar-refractivity contribution in [3.8, 4) is 11.5 Å². The molecule has 7 nitrogen and oxygen atoms in total. The van der Waals surface area contributed by atoms with Gasteiger partial charge in [0.05, 0.1) is 25.3 Å². The molecule has 0 aliphatic rings. The first-order chi connectivity index (χ1) is 13.5. The molecule has 0 aliphatic carbocycles. The molecule has 1 unspecified atom stereocenters. The summed E-state index contributed by atoms with van der Waals surface area (Å²) in [5, 5.41) is 7.91. The van der Waals surface area contributed by atoms with Crippen LogP contribution >= 0.6 is 35.3 Å². The third-order valence-corrected chi connectivity index (χ3v) is 5.38. The number of nitrogens with zero attached hydrogens (tertiary/aromatic N) is 3. The number of hydrogen-bond donors (Lipinski definition) is 2. The van der Waals surface area contributed by atoms with Gasteiger partial charge in [-0.05, 0) is 38.7 Å². The van der Waals surface area contributed by atoms with E-state index in [2.05, 4.69) is 52.6 Å². The highest BCUT2D eigenvalue weighted by Crippen LogP contribution is 2.31. The molecule has 2 N–H and O–H groups in total. The van der Waals surface area contributed by atoms with E-state index in [1.54, 1.807) is 32.6 Å². The van der Waals surface area contributed by atoms with Crippen molar-refractivity contribution in [1.29, 1.82) is 0 Å². The molecule has 162 valence electrons. The molecule has 2 aromatic rings. The van der Waals surface area contributed by atoms with Crippen LogP contribution < -0.4 is 20.1 Å². The van der Waals surface area contributed by atoms with Gasteiger partial charge in [0.2, 0.25) is 0 Å². The molecule has 0 fully saturated rings. The Balaban J connectivity index is 0.00000420. The standard InChI is InChI=1S/C20H31N5O2S.HI/c1-14-12-23-19(28-14)9-10-22-20(21-2)24-13-16(25(3)4)15-7-8-17(26-5)18(11-15)27-6;/h7-8,11-12,16H,9-10,13H2,1-6H3,(H2,21,22,24);1H. The third-order valence-electron chi connectivity index (χ3n) is 4.40. The number of likely N-dealkylation sites (N-methyl/N-ethyl adjacent to an activating group) is 1. The lowest BCUT2D eigenvalue weighted by Crippen LogP contribution is -2.42. The highest BCUT2D eigenvalue weighted by atomic mass is 127. The van der Waals surface area contributed by atoms with E-state index in [1.165, 1.54) is 4.88 Å². The van der Waals surface area contributed by atoms with Gasteiger partial charge in [0.15, 0.2) is 17.5 Å². The van der Waals surface area contributed by atoms with Crippen LogP contribution in [0.25, 0.3) is 0 Å². The maximum absolute atomic E-state index is 5.45. The second kappa shape index (κ2) is 12.9. The molecule has 0 spiro atoms. The summed E-state index contributed by atoms with van der Waals surface area (Å²) in [5.74, 6) is 2.24. The number of guanidine groups is 1. The zero-order valence-corrected chi connectivity index (χ0v) is 21.1. The number of hydrogen-bond acceptors (Lipinski definition) is 6. The van der Waals surface area contributed by atoms with E-state index < -0.39 is 0 Å². The van der Waals surface area contributed by atoms with Crippen LogP contribution in [0, 0.1) is 6.92 Å². The average molecular weight is 533 g/mol. The molecule has 0 saturated carbocycles. The first-order valence-electron chi connectivity index (χ1n) is 9.22. The zero-order chi connectivity index (χ0) is 20.5. The molecule has 0 bridgehead atoms. The van der Waals surface area contributed by atoms with Crippen LogP contribution in [0.2, 0.25) is 0 Å². The Bertz CT molecular complexity index is 782. The van der Waals surface area contributed by atoms with Gasteiger partial charge in [0, 0.05) is 37.6 Å². The Morgan fingerprint density at radius 3 is 2.48 bits per heavy atom. The number of nitrogens with one attached hydrogen (secondary N) is 2. The lowest BCUT2D eigenvalue weighted by atomic mass is 10.1. The van der Waals surface area contributed by atoms with Crippen LogP contribution in [0.15, 0.2) is 29.4 Å². The Labute approximate surface area is 194 Å². The lowest BCUT2D eigenvalue weighted by Gasteiger charge is -2.26. The van der Waals surface area contributed by atoms with Crippen LogP contribution in [0.3, 0.4) is 0 Å². The molecule has 1 heterocycles. The van der Waals surface area contributed by atoms with Gasteiger partial charge >= 0.3 is 0 Å². The molecule has 9 heteroatoms. The van der Waals surface area contributed by atoms with Crippen molar-refractivity contribution in [2.75, 3.05) is 48.5 Å². The third kappa shape index (κ3) is 7.63. The van der Waals surface area contributed by atoms with Crippen LogP contribution in [0.5, 0.6) is 11.5 Å². The number of halogens is 1. The maximum Gasteiger partial charge on any atom is 0.191 e. The first kappa shape index (κ1) is 25.4. The van der Waals surface area contributed by atoms with Gasteiger partial charge in [0.25, 0.3) is 0 Å². The molecule has 1 atom stereocenters. The van der Waals surface area contributed by atoms with Gasteiger partial charge in [-0.15, -0.1) is 35.3 Å². The van der Waals surface area contributed by atoms with Gasteiger partial charge in [0.1, 0.15) is 0 Å². The predicted octanol–water partition coefficient (Wildman–Crippen LogP) is 3.10. The SMILES string of the molecule is CN=C(NCCc1ncc(C)s1)NCC(c1ccc(OC)c(OC)c1)N(C)C.I. The van der Waals surface area contributed by atoms with E-state index in [9.17, 15) is 0 Å². The topological polar surface area (TPSA) is 71.0 Å². The van der Waals surface area contributed by atoms with Crippen LogP contribution in [-0.4, -0.2) is 64.3 Å². The van der Waals surface area contributed by atoms with E-state index in [-0.39, 0.29) is 30.0 Å². The molecular formula is C20H32IN5O2S. The first-order valence-corrected chi connectivity index (χ1v) is 10.0. The monoisotopic (exact) mass is 533 g/mol. The van der Waals surface area contributed by atoms with E-state index >= 15 is 0 Å². The largest absolute Gasteiger partial charge is 0.493 e. The minimum Gasteiger partial charge on any atom is -0.493 e. The Morgan fingerprint density at radius 2 is 1.93 bits per heavy atom. The zero-order valence-electron chi connectivity index (χ0n) is 18.0. The fourth-order valence-corrected chi connectivity index (χ4v) is 3.66. The molecular weight excluding hydrogens is 501 g/mol. The Morgan fingerprint density at radius 1 is 1.21 bits per heavy atom. The molecule has 1 aromatic heterocycles. The number of aromatic nitrogens is 1. The minimum absolute atomic E-state index is 0. The van der Waals surface area contributed by atoms with Gasteiger partial charge in [-0.1, -0.05) is 6.07 Å². The van der Waals surface area contributed by atoms with Crippen molar-refractivity contribution in [2.24, 2.45) is 4.99 Å². The summed E-state index contributed by atoms with van der Waals surface area (Å²) < 4.78 is 10.8. The second-order valence-electron chi connectivity index (χ2n) is 6.59. The number of aliphatic imine (C=N–C) groups is 1. The van der Waals surface area contributed by atoms with Crippen LogP contribution in [0.1, 0.15) is 21.5 Å². The highest BCUT2D eigenvalue weighted by molar-refractivity contribution is 14.0. The Kier molecular flexibility index (Phi) is 11.3. The summed E-state index contributed by atoms with van der Waals surface area (Å²) in [7, 11) is 9.20. The molecule has 0 radical (unpaired) electrons. The van der Waals surface area contributed by atoms with Crippen LogP contribution in [0.4, 0.5) is 0 Å². The average Bonchev–Trinajstić information content (AvgIpc) is 3.11. The summed E-state index contributed by atoms with van der Waals surface area (Å²) in [5.41, 5.74) is 1.14. The fraction of sp³-hybridized carbons (Fsp3) is 0.500. The van der Waals surface area contributed by atoms with Gasteiger partial charge in [-0.3, -0.25) is 4.99 Å². The lowest BCUT2D eigenvalue weighted by molar-refractivity contribution is 0.295. The summed E-state index contributed by atoms with van der Waals surface area (Å²) in [6, 6.07) is 6.18. The smallest absolute Gasteiger partial charge is 0.191 e. The summed E-state index contributed by atoms with van der Waals surface area (Å²) >= 11 is 1.73. The van der Waals surface area contributed by atoms with Crippen molar-refractivity contribution in [2.45, 2.75) is 19.4 Å².